The van der Waals surface area contributed by atoms with Gasteiger partial charge in [-0.05, 0) is 60.9 Å². The number of nitrogen functional groups attached to an aromatic ring is 1. The summed E-state index contributed by atoms with van der Waals surface area (Å²) in [5, 5.41) is 0. The maximum atomic E-state index is 13.8. The Morgan fingerprint density at radius 3 is 2.44 bits per heavy atom. The van der Waals surface area contributed by atoms with Crippen LogP contribution >= 0.6 is 0 Å². The SMILES string of the molecule is Nc1ccnc(CN2c3ccccc3CN(S(=O)(=O)c3ccc(C(F)(F)F)cc3)C[C@@H]2COC2CCCC2)c1. The maximum Gasteiger partial charge on any atom is 0.416 e. The van der Waals surface area contributed by atoms with E-state index in [1.54, 1.807) is 18.3 Å². The van der Waals surface area contributed by atoms with Crippen molar-refractivity contribution < 1.29 is 26.3 Å². The lowest BCUT2D eigenvalue weighted by atomic mass is 10.1. The molecule has 2 N–H and O–H groups in total. The third kappa shape index (κ3) is 6.21. The van der Waals surface area contributed by atoms with Crippen LogP contribution in [0.1, 0.15) is 42.5 Å². The number of fused-ring (bicyclic) bond motifs is 1. The van der Waals surface area contributed by atoms with Crippen molar-refractivity contribution in [2.75, 3.05) is 23.8 Å². The Hall–Kier alpha value is -3.15. The molecular formula is C28H31F3N4O3S. The summed E-state index contributed by atoms with van der Waals surface area (Å²) in [6.07, 6.45) is 1.34. The first kappa shape index (κ1) is 27.4. The molecule has 0 amide bonds. The number of pyridine rings is 1. The molecule has 208 valence electrons. The van der Waals surface area contributed by atoms with Gasteiger partial charge in [-0.3, -0.25) is 4.98 Å². The number of ether oxygens (including phenoxy) is 1. The summed E-state index contributed by atoms with van der Waals surface area (Å²) in [6.45, 7) is 0.836. The second-order valence-electron chi connectivity index (χ2n) is 10.1. The molecule has 0 radical (unpaired) electrons. The first-order valence-corrected chi connectivity index (χ1v) is 14.4. The van der Waals surface area contributed by atoms with Gasteiger partial charge >= 0.3 is 6.18 Å². The minimum absolute atomic E-state index is 0.0698. The zero-order chi connectivity index (χ0) is 27.6. The molecule has 39 heavy (non-hydrogen) atoms. The smallest absolute Gasteiger partial charge is 0.399 e. The van der Waals surface area contributed by atoms with Gasteiger partial charge in [-0.15, -0.1) is 0 Å². The van der Waals surface area contributed by atoms with Gasteiger partial charge < -0.3 is 15.4 Å². The maximum absolute atomic E-state index is 13.8. The first-order chi connectivity index (χ1) is 18.6. The van der Waals surface area contributed by atoms with Crippen molar-refractivity contribution in [3.05, 3.63) is 83.7 Å². The minimum Gasteiger partial charge on any atom is -0.399 e. The largest absolute Gasteiger partial charge is 0.416 e. The molecule has 0 bridgehead atoms. The van der Waals surface area contributed by atoms with Crippen molar-refractivity contribution in [2.45, 2.75) is 62.0 Å². The molecule has 1 atom stereocenters. The minimum atomic E-state index is -4.55. The molecule has 0 saturated heterocycles. The number of hydrogen-bond donors (Lipinski definition) is 1. The van der Waals surface area contributed by atoms with Crippen LogP contribution in [0, 0.1) is 0 Å². The first-order valence-electron chi connectivity index (χ1n) is 13.0. The average molecular weight is 561 g/mol. The number of anilines is 2. The van der Waals surface area contributed by atoms with Crippen molar-refractivity contribution in [2.24, 2.45) is 0 Å². The predicted octanol–water partition coefficient (Wildman–Crippen LogP) is 5.22. The fourth-order valence-electron chi connectivity index (χ4n) is 5.27. The quantitative estimate of drug-likeness (QED) is 0.426. The van der Waals surface area contributed by atoms with E-state index < -0.39 is 21.8 Å². The number of nitrogens with zero attached hydrogens (tertiary/aromatic N) is 3. The topological polar surface area (TPSA) is 88.8 Å². The molecule has 1 saturated carbocycles. The van der Waals surface area contributed by atoms with Gasteiger partial charge in [0, 0.05) is 30.7 Å². The average Bonchev–Trinajstić information content (AvgIpc) is 3.37. The molecule has 0 unspecified atom stereocenters. The van der Waals surface area contributed by atoms with Crippen LogP contribution in [0.5, 0.6) is 0 Å². The zero-order valence-corrected chi connectivity index (χ0v) is 22.2. The molecule has 3 aromatic rings. The number of rotatable bonds is 7. The number of benzene rings is 2. The van der Waals surface area contributed by atoms with Crippen LogP contribution in [-0.4, -0.2) is 43.0 Å². The summed E-state index contributed by atoms with van der Waals surface area (Å²) in [5.74, 6) is 0. The lowest BCUT2D eigenvalue weighted by Gasteiger charge is -2.34. The van der Waals surface area contributed by atoms with Gasteiger partial charge in [-0.2, -0.15) is 17.5 Å². The number of para-hydroxylation sites is 1. The Bertz CT molecular complexity index is 1390. The summed E-state index contributed by atoms with van der Waals surface area (Å²) in [6, 6.07) is 14.3. The lowest BCUT2D eigenvalue weighted by Crippen LogP contribution is -2.46. The number of sulfonamides is 1. The molecule has 1 aromatic heterocycles. The van der Waals surface area contributed by atoms with Crippen LogP contribution in [0.15, 0.2) is 71.8 Å². The Morgan fingerprint density at radius 2 is 1.74 bits per heavy atom. The van der Waals surface area contributed by atoms with Crippen molar-refractivity contribution in [3.63, 3.8) is 0 Å². The van der Waals surface area contributed by atoms with Crippen molar-refractivity contribution in [1.82, 2.24) is 9.29 Å². The van der Waals surface area contributed by atoms with Crippen molar-refractivity contribution in [3.8, 4) is 0 Å². The highest BCUT2D eigenvalue weighted by Crippen LogP contribution is 2.34. The van der Waals surface area contributed by atoms with Gasteiger partial charge in [0.1, 0.15) is 0 Å². The second kappa shape index (κ2) is 11.1. The van der Waals surface area contributed by atoms with Crippen LogP contribution < -0.4 is 10.6 Å². The molecule has 1 aliphatic carbocycles. The van der Waals surface area contributed by atoms with E-state index in [9.17, 15) is 21.6 Å². The monoisotopic (exact) mass is 560 g/mol. The normalized spacial score (nSPS) is 19.2. The Morgan fingerprint density at radius 1 is 1.03 bits per heavy atom. The zero-order valence-electron chi connectivity index (χ0n) is 21.3. The highest BCUT2D eigenvalue weighted by molar-refractivity contribution is 7.89. The Labute approximate surface area is 226 Å². The predicted molar refractivity (Wildman–Crippen MR) is 142 cm³/mol. The number of nitrogens with two attached hydrogens (primary N) is 1. The fraction of sp³-hybridized carbons (Fsp3) is 0.393. The van der Waals surface area contributed by atoms with Crippen LogP contribution in [0.4, 0.5) is 24.5 Å². The van der Waals surface area contributed by atoms with Crippen LogP contribution in [0.3, 0.4) is 0 Å². The molecule has 1 fully saturated rings. The van der Waals surface area contributed by atoms with E-state index in [4.69, 9.17) is 10.5 Å². The lowest BCUT2D eigenvalue weighted by molar-refractivity contribution is -0.137. The third-order valence-electron chi connectivity index (χ3n) is 7.32. The van der Waals surface area contributed by atoms with E-state index in [0.29, 0.717) is 18.8 Å². The fourth-order valence-corrected chi connectivity index (χ4v) is 6.73. The van der Waals surface area contributed by atoms with E-state index in [1.165, 1.54) is 4.31 Å². The highest BCUT2D eigenvalue weighted by Gasteiger charge is 2.36. The van der Waals surface area contributed by atoms with Crippen LogP contribution in [0.2, 0.25) is 0 Å². The molecule has 7 nitrogen and oxygen atoms in total. The van der Waals surface area contributed by atoms with Gasteiger partial charge in [0.25, 0.3) is 0 Å². The molecule has 2 aliphatic rings. The van der Waals surface area contributed by atoms with Gasteiger partial charge in [-0.25, -0.2) is 8.42 Å². The van der Waals surface area contributed by atoms with Gasteiger partial charge in [0.15, 0.2) is 0 Å². The number of alkyl halides is 3. The van der Waals surface area contributed by atoms with Gasteiger partial charge in [0.05, 0.1) is 41.5 Å². The van der Waals surface area contributed by atoms with Crippen LogP contribution in [0.25, 0.3) is 0 Å². The van der Waals surface area contributed by atoms with E-state index in [-0.39, 0.29) is 30.1 Å². The molecule has 5 rings (SSSR count). The molecule has 2 heterocycles. The van der Waals surface area contributed by atoms with E-state index in [1.807, 2.05) is 24.3 Å². The highest BCUT2D eigenvalue weighted by atomic mass is 32.2. The molecule has 2 aromatic carbocycles. The third-order valence-corrected chi connectivity index (χ3v) is 9.15. The van der Waals surface area contributed by atoms with Gasteiger partial charge in [-0.1, -0.05) is 31.0 Å². The second-order valence-corrected chi connectivity index (χ2v) is 12.0. The Kier molecular flexibility index (Phi) is 7.84. The van der Waals surface area contributed by atoms with E-state index in [0.717, 1.165) is 66.9 Å². The molecular weight excluding hydrogens is 529 g/mol. The number of hydrogen-bond acceptors (Lipinski definition) is 6. The number of aromatic nitrogens is 1. The summed E-state index contributed by atoms with van der Waals surface area (Å²) < 4.78 is 74.5. The number of halogens is 3. The van der Waals surface area contributed by atoms with Crippen molar-refractivity contribution >= 4 is 21.4 Å². The Balaban J connectivity index is 1.51. The van der Waals surface area contributed by atoms with E-state index in [2.05, 4.69) is 9.88 Å². The van der Waals surface area contributed by atoms with E-state index >= 15 is 0 Å². The summed E-state index contributed by atoms with van der Waals surface area (Å²) in [4.78, 5) is 6.39. The summed E-state index contributed by atoms with van der Waals surface area (Å²) >= 11 is 0. The van der Waals surface area contributed by atoms with Crippen LogP contribution in [-0.2, 0) is 34.0 Å². The summed E-state index contributed by atoms with van der Waals surface area (Å²) in [7, 11) is -4.12. The van der Waals surface area contributed by atoms with Gasteiger partial charge in [0.2, 0.25) is 10.0 Å². The van der Waals surface area contributed by atoms with Crippen molar-refractivity contribution in [1.29, 1.82) is 0 Å². The molecule has 0 spiro atoms. The molecule has 11 heteroatoms. The standard InChI is InChI=1S/C28H31F3N4O3S/c29-28(30,31)21-9-11-26(12-10-21)39(36,37)34-16-20-5-1-4-8-27(20)35(17-23-15-22(32)13-14-33-23)24(18-34)19-38-25-6-2-3-7-25/h1,4-5,8-15,24-25H,2-3,6-7,16-19H2,(H2,32,33)/t24-/m1/s1. The molecule has 1 aliphatic heterocycles. The summed E-state index contributed by atoms with van der Waals surface area (Å²) in [5.41, 5.74) is 8.05.